The molecular formula is C22H20Cl2N2O. The van der Waals surface area contributed by atoms with Gasteiger partial charge in [-0.3, -0.25) is 0 Å². The molecule has 0 fully saturated rings. The number of aliphatic hydroxyl groups excluding tert-OH is 1. The predicted molar refractivity (Wildman–Crippen MR) is 115 cm³/mol. The average Bonchev–Trinajstić information content (AvgIpc) is 2.93. The molecule has 1 heterocycles. The Bertz CT molecular complexity index is 1060. The molecule has 1 aromatic heterocycles. The highest BCUT2D eigenvalue weighted by Gasteiger charge is 2.15. The number of rotatable bonds is 5. The van der Waals surface area contributed by atoms with Crippen molar-refractivity contribution < 1.29 is 5.11 Å². The number of para-hydroxylation sites is 1. The van der Waals surface area contributed by atoms with Crippen LogP contribution in [0.25, 0.3) is 21.8 Å². The molecule has 0 radical (unpaired) electrons. The fraction of sp³-hybridized carbons (Fsp3) is 0.182. The molecule has 138 valence electrons. The van der Waals surface area contributed by atoms with Crippen molar-refractivity contribution in [3.63, 3.8) is 0 Å². The van der Waals surface area contributed by atoms with Gasteiger partial charge in [0.15, 0.2) is 0 Å². The van der Waals surface area contributed by atoms with E-state index in [0.717, 1.165) is 33.1 Å². The minimum Gasteiger partial charge on any atom is -0.389 e. The molecule has 3 nitrogen and oxygen atoms in total. The Hall–Kier alpha value is -2.20. The molecule has 0 aliphatic heterocycles. The lowest BCUT2D eigenvalue weighted by Crippen LogP contribution is -2.25. The van der Waals surface area contributed by atoms with Gasteiger partial charge in [0.25, 0.3) is 0 Å². The van der Waals surface area contributed by atoms with Gasteiger partial charge in [-0.05, 0) is 55.0 Å². The lowest BCUT2D eigenvalue weighted by molar-refractivity contribution is 0.169. The fourth-order valence-corrected chi connectivity index (χ4v) is 3.86. The van der Waals surface area contributed by atoms with Crippen LogP contribution in [0.4, 0.5) is 5.69 Å². The van der Waals surface area contributed by atoms with Gasteiger partial charge in [0.05, 0.1) is 12.6 Å². The van der Waals surface area contributed by atoms with E-state index in [4.69, 9.17) is 23.2 Å². The van der Waals surface area contributed by atoms with Gasteiger partial charge < -0.3 is 15.0 Å². The second-order valence-corrected chi connectivity index (χ2v) is 7.66. The highest BCUT2D eigenvalue weighted by Crippen LogP contribution is 2.33. The Labute approximate surface area is 168 Å². The van der Waals surface area contributed by atoms with Gasteiger partial charge in [0.1, 0.15) is 0 Å². The summed E-state index contributed by atoms with van der Waals surface area (Å²) in [5.74, 6) is 0. The predicted octanol–water partition coefficient (Wildman–Crippen LogP) is 5.88. The van der Waals surface area contributed by atoms with Crippen LogP contribution in [0.1, 0.15) is 5.56 Å². The quantitative estimate of drug-likeness (QED) is 0.440. The van der Waals surface area contributed by atoms with Gasteiger partial charge in [-0.2, -0.15) is 0 Å². The monoisotopic (exact) mass is 398 g/mol. The number of fused-ring (bicyclic) bond motifs is 3. The maximum Gasteiger partial charge on any atom is 0.0891 e. The van der Waals surface area contributed by atoms with Crippen LogP contribution in [0, 0.1) is 6.92 Å². The molecule has 5 heteroatoms. The zero-order valence-electron chi connectivity index (χ0n) is 14.9. The van der Waals surface area contributed by atoms with Gasteiger partial charge in [-0.15, -0.1) is 0 Å². The third-order valence-electron chi connectivity index (χ3n) is 4.86. The molecule has 4 aromatic rings. The van der Waals surface area contributed by atoms with Crippen molar-refractivity contribution in [2.24, 2.45) is 0 Å². The van der Waals surface area contributed by atoms with Crippen molar-refractivity contribution in [3.8, 4) is 0 Å². The molecule has 0 unspecified atom stereocenters. The average molecular weight is 399 g/mol. The molecule has 3 aromatic carbocycles. The maximum absolute atomic E-state index is 10.7. The number of nitrogens with zero attached hydrogens (tertiary/aromatic N) is 1. The van der Waals surface area contributed by atoms with Gasteiger partial charge in [0.2, 0.25) is 0 Å². The number of benzene rings is 3. The van der Waals surface area contributed by atoms with Crippen LogP contribution in [0.5, 0.6) is 0 Å². The second kappa shape index (κ2) is 7.43. The number of nitrogens with one attached hydrogen (secondary N) is 1. The van der Waals surface area contributed by atoms with E-state index in [2.05, 4.69) is 22.9 Å². The zero-order chi connectivity index (χ0) is 19.0. The van der Waals surface area contributed by atoms with Crippen LogP contribution in [0.15, 0.2) is 60.7 Å². The first-order chi connectivity index (χ1) is 13.0. The van der Waals surface area contributed by atoms with E-state index in [1.54, 1.807) is 0 Å². The zero-order valence-corrected chi connectivity index (χ0v) is 16.4. The van der Waals surface area contributed by atoms with E-state index in [-0.39, 0.29) is 0 Å². The van der Waals surface area contributed by atoms with E-state index in [1.807, 2.05) is 54.6 Å². The molecule has 2 N–H and O–H groups in total. The molecule has 4 rings (SSSR count). The molecular weight excluding hydrogens is 379 g/mol. The first-order valence-electron chi connectivity index (χ1n) is 8.87. The first-order valence-corrected chi connectivity index (χ1v) is 9.63. The summed E-state index contributed by atoms with van der Waals surface area (Å²) >= 11 is 12.4. The molecule has 27 heavy (non-hydrogen) atoms. The summed E-state index contributed by atoms with van der Waals surface area (Å²) in [7, 11) is 0. The van der Waals surface area contributed by atoms with Crippen LogP contribution < -0.4 is 5.32 Å². The third kappa shape index (κ3) is 3.63. The van der Waals surface area contributed by atoms with E-state index < -0.39 is 6.10 Å². The molecule has 0 aliphatic rings. The summed E-state index contributed by atoms with van der Waals surface area (Å²) in [5.41, 5.74) is 4.27. The number of halogens is 2. The Morgan fingerprint density at radius 3 is 2.11 bits per heavy atom. The Morgan fingerprint density at radius 1 is 0.926 bits per heavy atom. The van der Waals surface area contributed by atoms with E-state index in [9.17, 15) is 5.11 Å². The van der Waals surface area contributed by atoms with E-state index in [0.29, 0.717) is 23.1 Å². The van der Waals surface area contributed by atoms with Crippen LogP contribution in [-0.2, 0) is 6.54 Å². The van der Waals surface area contributed by atoms with Crippen LogP contribution in [0.2, 0.25) is 10.0 Å². The summed E-state index contributed by atoms with van der Waals surface area (Å²) < 4.78 is 2.13. The number of anilines is 1. The lowest BCUT2D eigenvalue weighted by Gasteiger charge is -2.16. The molecule has 0 saturated carbocycles. The normalized spacial score (nSPS) is 12.6. The van der Waals surface area contributed by atoms with Crippen molar-refractivity contribution in [1.82, 2.24) is 4.57 Å². The highest BCUT2D eigenvalue weighted by molar-refractivity contribution is 6.33. The van der Waals surface area contributed by atoms with Gasteiger partial charge in [-0.1, -0.05) is 41.4 Å². The fourth-order valence-electron chi connectivity index (χ4n) is 3.52. The maximum atomic E-state index is 10.7. The lowest BCUT2D eigenvalue weighted by atomic mass is 10.1. The topological polar surface area (TPSA) is 37.2 Å². The van der Waals surface area contributed by atoms with E-state index >= 15 is 0 Å². The van der Waals surface area contributed by atoms with Crippen LogP contribution in [0.3, 0.4) is 0 Å². The summed E-state index contributed by atoms with van der Waals surface area (Å²) in [5, 5.41) is 17.4. The Balaban J connectivity index is 1.65. The molecule has 0 amide bonds. The van der Waals surface area contributed by atoms with Crippen molar-refractivity contribution in [1.29, 1.82) is 0 Å². The highest BCUT2D eigenvalue weighted by atomic mass is 35.5. The van der Waals surface area contributed by atoms with Crippen LogP contribution >= 0.6 is 23.2 Å². The number of aromatic nitrogens is 1. The van der Waals surface area contributed by atoms with Gasteiger partial charge in [0, 0.05) is 44.1 Å². The van der Waals surface area contributed by atoms with Crippen molar-refractivity contribution >= 4 is 50.7 Å². The van der Waals surface area contributed by atoms with Crippen molar-refractivity contribution in [3.05, 3.63) is 76.3 Å². The largest absolute Gasteiger partial charge is 0.389 e. The minimum absolute atomic E-state index is 0.465. The van der Waals surface area contributed by atoms with Crippen molar-refractivity contribution in [2.45, 2.75) is 19.6 Å². The molecule has 0 saturated heterocycles. The molecule has 0 bridgehead atoms. The molecule has 1 atom stereocenters. The Morgan fingerprint density at radius 2 is 1.52 bits per heavy atom. The van der Waals surface area contributed by atoms with Crippen LogP contribution in [-0.4, -0.2) is 22.3 Å². The molecule has 0 spiro atoms. The number of aliphatic hydroxyl groups is 1. The SMILES string of the molecule is Cc1ccccc1NC[C@@H](O)Cn1c2ccc(Cl)cc2c2cc(Cl)ccc21. The summed E-state index contributed by atoms with van der Waals surface area (Å²) in [6, 6.07) is 19.7. The third-order valence-corrected chi connectivity index (χ3v) is 5.33. The summed E-state index contributed by atoms with van der Waals surface area (Å²) in [4.78, 5) is 0. The minimum atomic E-state index is -0.547. The molecule has 0 aliphatic carbocycles. The van der Waals surface area contributed by atoms with Crippen molar-refractivity contribution in [2.75, 3.05) is 11.9 Å². The Kier molecular flexibility index (Phi) is 5.00. The summed E-state index contributed by atoms with van der Waals surface area (Å²) in [6.07, 6.45) is -0.547. The standard InChI is InChI=1S/C22H20Cl2N2O/c1-14-4-2-3-5-20(14)25-12-17(27)13-26-21-8-6-15(23)10-18(21)19-11-16(24)7-9-22(19)26/h2-11,17,25,27H,12-13H2,1H3/t17-/m1/s1. The second-order valence-electron chi connectivity index (χ2n) is 6.78. The van der Waals surface area contributed by atoms with Gasteiger partial charge >= 0.3 is 0 Å². The number of aryl methyl sites for hydroxylation is 1. The smallest absolute Gasteiger partial charge is 0.0891 e. The first kappa shape index (κ1) is 18.2. The number of hydrogen-bond donors (Lipinski definition) is 2. The number of hydrogen-bond acceptors (Lipinski definition) is 2. The van der Waals surface area contributed by atoms with Gasteiger partial charge in [-0.25, -0.2) is 0 Å². The summed E-state index contributed by atoms with van der Waals surface area (Å²) in [6.45, 7) is 2.99. The van der Waals surface area contributed by atoms with E-state index in [1.165, 1.54) is 0 Å².